The van der Waals surface area contributed by atoms with Gasteiger partial charge in [-0.25, -0.2) is 0 Å². The lowest BCUT2D eigenvalue weighted by atomic mass is 10.0. The first-order chi connectivity index (χ1) is 13.3. The first kappa shape index (κ1) is 19.6. The Labute approximate surface area is 160 Å². The summed E-state index contributed by atoms with van der Waals surface area (Å²) < 4.78 is 39.4. The standard InChI is InChI=1S/C20H19F3N4O/c1-13-18(15-6-4-3-5-7-15)14(2)27(26-13)11-10-24-19(28)16-8-9-17(25-12-16)20(21,22)23/h3-9,12H,10-11H2,1-2H3,(H,24,28). The van der Waals surface area contributed by atoms with Crippen molar-refractivity contribution in [3.63, 3.8) is 0 Å². The third-order valence-electron chi connectivity index (χ3n) is 4.37. The molecule has 0 unspecified atom stereocenters. The number of nitrogens with one attached hydrogen (secondary N) is 1. The molecule has 0 atom stereocenters. The van der Waals surface area contributed by atoms with Gasteiger partial charge in [-0.15, -0.1) is 0 Å². The molecule has 3 aromatic rings. The van der Waals surface area contributed by atoms with E-state index >= 15 is 0 Å². The van der Waals surface area contributed by atoms with Crippen molar-refractivity contribution in [1.82, 2.24) is 20.1 Å². The van der Waals surface area contributed by atoms with Crippen LogP contribution >= 0.6 is 0 Å². The fraction of sp³-hybridized carbons (Fsp3) is 0.250. The highest BCUT2D eigenvalue weighted by atomic mass is 19.4. The van der Waals surface area contributed by atoms with Crippen LogP contribution in [0, 0.1) is 13.8 Å². The lowest BCUT2D eigenvalue weighted by Gasteiger charge is -2.09. The number of hydrogen-bond donors (Lipinski definition) is 1. The first-order valence-electron chi connectivity index (χ1n) is 8.68. The van der Waals surface area contributed by atoms with E-state index in [-0.39, 0.29) is 12.1 Å². The fourth-order valence-corrected chi connectivity index (χ4v) is 3.01. The topological polar surface area (TPSA) is 59.8 Å². The van der Waals surface area contributed by atoms with Crippen molar-refractivity contribution < 1.29 is 18.0 Å². The Balaban J connectivity index is 1.63. The maximum atomic E-state index is 12.5. The van der Waals surface area contributed by atoms with Crippen molar-refractivity contribution >= 4 is 5.91 Å². The minimum Gasteiger partial charge on any atom is -0.350 e. The van der Waals surface area contributed by atoms with Crippen LogP contribution in [0.4, 0.5) is 13.2 Å². The molecule has 0 saturated heterocycles. The molecule has 1 amide bonds. The number of rotatable bonds is 5. The van der Waals surface area contributed by atoms with Gasteiger partial charge in [-0.1, -0.05) is 30.3 Å². The van der Waals surface area contributed by atoms with E-state index in [1.165, 1.54) is 0 Å². The van der Waals surface area contributed by atoms with E-state index in [2.05, 4.69) is 15.4 Å². The summed E-state index contributed by atoms with van der Waals surface area (Å²) >= 11 is 0. The van der Waals surface area contributed by atoms with Crippen molar-refractivity contribution in [2.75, 3.05) is 6.54 Å². The Morgan fingerprint density at radius 3 is 2.43 bits per heavy atom. The van der Waals surface area contributed by atoms with Gasteiger partial charge in [-0.3, -0.25) is 14.5 Å². The number of halogens is 3. The highest BCUT2D eigenvalue weighted by Gasteiger charge is 2.32. The molecule has 0 radical (unpaired) electrons. The molecule has 8 heteroatoms. The van der Waals surface area contributed by atoms with E-state index in [4.69, 9.17) is 0 Å². The molecule has 0 bridgehead atoms. The maximum absolute atomic E-state index is 12.5. The lowest BCUT2D eigenvalue weighted by molar-refractivity contribution is -0.141. The zero-order valence-electron chi connectivity index (χ0n) is 15.4. The Hall–Kier alpha value is -3.16. The molecule has 3 rings (SSSR count). The molecule has 0 aliphatic rings. The summed E-state index contributed by atoms with van der Waals surface area (Å²) in [5, 5.41) is 7.20. The Bertz CT molecular complexity index is 964. The van der Waals surface area contributed by atoms with Gasteiger partial charge in [-0.05, 0) is 31.5 Å². The average molecular weight is 388 g/mol. The molecule has 0 saturated carbocycles. The SMILES string of the molecule is Cc1nn(CCNC(=O)c2ccc(C(F)(F)F)nc2)c(C)c1-c1ccccc1. The summed E-state index contributed by atoms with van der Waals surface area (Å²) in [7, 11) is 0. The van der Waals surface area contributed by atoms with Gasteiger partial charge < -0.3 is 5.32 Å². The maximum Gasteiger partial charge on any atom is 0.433 e. The van der Waals surface area contributed by atoms with Crippen LogP contribution in [0.1, 0.15) is 27.4 Å². The number of nitrogens with zero attached hydrogens (tertiary/aromatic N) is 3. The second kappa shape index (κ2) is 7.84. The van der Waals surface area contributed by atoms with Crippen molar-refractivity contribution in [2.45, 2.75) is 26.6 Å². The second-order valence-electron chi connectivity index (χ2n) is 6.32. The third kappa shape index (κ3) is 4.21. The van der Waals surface area contributed by atoms with E-state index in [9.17, 15) is 18.0 Å². The predicted octanol–water partition coefficient (Wildman–Crippen LogP) is 4.01. The van der Waals surface area contributed by atoms with Crippen LogP contribution in [0.3, 0.4) is 0 Å². The largest absolute Gasteiger partial charge is 0.433 e. The summed E-state index contributed by atoms with van der Waals surface area (Å²) in [6, 6.07) is 11.8. The van der Waals surface area contributed by atoms with Crippen molar-refractivity contribution in [3.05, 3.63) is 71.3 Å². The Kier molecular flexibility index (Phi) is 5.48. The number of aromatic nitrogens is 3. The van der Waals surface area contributed by atoms with Crippen LogP contribution in [-0.2, 0) is 12.7 Å². The van der Waals surface area contributed by atoms with E-state index in [1.807, 2.05) is 48.9 Å². The van der Waals surface area contributed by atoms with Crippen LogP contribution in [0.2, 0.25) is 0 Å². The molecule has 5 nitrogen and oxygen atoms in total. The highest BCUT2D eigenvalue weighted by molar-refractivity contribution is 5.93. The van der Waals surface area contributed by atoms with Gasteiger partial charge in [0.15, 0.2) is 0 Å². The summed E-state index contributed by atoms with van der Waals surface area (Å²) in [5.41, 5.74) is 3.05. The van der Waals surface area contributed by atoms with Gasteiger partial charge in [0.2, 0.25) is 0 Å². The number of pyridine rings is 1. The molecule has 1 aromatic carbocycles. The monoisotopic (exact) mass is 388 g/mol. The van der Waals surface area contributed by atoms with Crippen molar-refractivity contribution in [1.29, 1.82) is 0 Å². The number of benzene rings is 1. The minimum atomic E-state index is -4.53. The number of carbonyl (C=O) groups is 1. The molecule has 28 heavy (non-hydrogen) atoms. The van der Waals surface area contributed by atoms with Crippen LogP contribution in [0.15, 0.2) is 48.7 Å². The van der Waals surface area contributed by atoms with Crippen molar-refractivity contribution in [3.8, 4) is 11.1 Å². The molecule has 0 spiro atoms. The quantitative estimate of drug-likeness (QED) is 0.718. The molecule has 0 aliphatic carbocycles. The zero-order chi connectivity index (χ0) is 20.3. The molecule has 1 N–H and O–H groups in total. The van der Waals surface area contributed by atoms with Gasteiger partial charge in [0.1, 0.15) is 5.69 Å². The van der Waals surface area contributed by atoms with E-state index in [0.29, 0.717) is 6.54 Å². The molecular formula is C20H19F3N4O. The van der Waals surface area contributed by atoms with Gasteiger partial charge in [0.25, 0.3) is 5.91 Å². The van der Waals surface area contributed by atoms with E-state index < -0.39 is 17.8 Å². The second-order valence-corrected chi connectivity index (χ2v) is 6.32. The summed E-state index contributed by atoms with van der Waals surface area (Å²) in [6.07, 6.45) is -3.60. The van der Waals surface area contributed by atoms with Gasteiger partial charge in [0.05, 0.1) is 17.8 Å². The number of alkyl halides is 3. The van der Waals surface area contributed by atoms with Gasteiger partial charge >= 0.3 is 6.18 Å². The van der Waals surface area contributed by atoms with Crippen molar-refractivity contribution in [2.24, 2.45) is 0 Å². The predicted molar refractivity (Wildman–Crippen MR) is 98.7 cm³/mol. The molecule has 2 aromatic heterocycles. The van der Waals surface area contributed by atoms with Crippen LogP contribution in [0.5, 0.6) is 0 Å². The van der Waals surface area contributed by atoms with Gasteiger partial charge in [0, 0.05) is 24.0 Å². The lowest BCUT2D eigenvalue weighted by Crippen LogP contribution is -2.28. The summed E-state index contributed by atoms with van der Waals surface area (Å²) in [4.78, 5) is 15.4. The Morgan fingerprint density at radius 2 is 1.82 bits per heavy atom. The smallest absolute Gasteiger partial charge is 0.350 e. The first-order valence-corrected chi connectivity index (χ1v) is 8.68. The van der Waals surface area contributed by atoms with Gasteiger partial charge in [-0.2, -0.15) is 18.3 Å². The summed E-state index contributed by atoms with van der Waals surface area (Å²) in [5.74, 6) is -0.481. The van der Waals surface area contributed by atoms with E-state index in [0.717, 1.165) is 40.8 Å². The molecule has 2 heterocycles. The molecular weight excluding hydrogens is 369 g/mol. The van der Waals surface area contributed by atoms with Crippen LogP contribution in [-0.4, -0.2) is 27.2 Å². The molecule has 0 aliphatic heterocycles. The fourth-order valence-electron chi connectivity index (χ4n) is 3.01. The number of carbonyl (C=O) groups excluding carboxylic acids is 1. The third-order valence-corrected chi connectivity index (χ3v) is 4.37. The van der Waals surface area contributed by atoms with E-state index in [1.54, 1.807) is 0 Å². The molecule has 0 fully saturated rings. The normalized spacial score (nSPS) is 11.5. The number of amides is 1. The summed E-state index contributed by atoms with van der Waals surface area (Å²) in [6.45, 7) is 4.62. The zero-order valence-corrected chi connectivity index (χ0v) is 15.4. The number of hydrogen-bond acceptors (Lipinski definition) is 3. The minimum absolute atomic E-state index is 0.0753. The number of aryl methyl sites for hydroxylation is 1. The Morgan fingerprint density at radius 1 is 1.11 bits per heavy atom. The van der Waals surface area contributed by atoms with Crippen LogP contribution < -0.4 is 5.32 Å². The molecule has 146 valence electrons. The average Bonchev–Trinajstić information content (AvgIpc) is 2.95. The highest BCUT2D eigenvalue weighted by Crippen LogP contribution is 2.27. The van der Waals surface area contributed by atoms with Crippen LogP contribution in [0.25, 0.3) is 11.1 Å².